The predicted octanol–water partition coefficient (Wildman–Crippen LogP) is 3.95. The largest absolute Gasteiger partial charge is 0.480 e. The Morgan fingerprint density at radius 3 is 2.59 bits per heavy atom. The molecule has 4 aliphatic carbocycles. The minimum Gasteiger partial charge on any atom is -0.480 e. The van der Waals surface area contributed by atoms with Crippen molar-refractivity contribution in [3.63, 3.8) is 0 Å². The maximum absolute atomic E-state index is 12.4. The van der Waals surface area contributed by atoms with E-state index in [1.807, 2.05) is 6.92 Å². The molecule has 3 fully saturated rings. The number of nitrogens with one attached hydrogen (secondary N) is 2. The van der Waals surface area contributed by atoms with Crippen molar-refractivity contribution >= 4 is 23.5 Å². The van der Waals surface area contributed by atoms with E-state index in [1.54, 1.807) is 0 Å². The molecule has 9 nitrogen and oxygen atoms in total. The smallest absolute Gasteiger partial charge is 0.326 e. The van der Waals surface area contributed by atoms with Gasteiger partial charge in [0, 0.05) is 0 Å². The Kier molecular flexibility index (Phi) is 9.08. The summed E-state index contributed by atoms with van der Waals surface area (Å²) in [5, 5.41) is 29.3. The van der Waals surface area contributed by atoms with E-state index in [0.29, 0.717) is 30.6 Å². The molecule has 2 amide bonds. The van der Waals surface area contributed by atoms with E-state index >= 15 is 0 Å². The van der Waals surface area contributed by atoms with Gasteiger partial charge in [-0.1, -0.05) is 44.3 Å². The SMILES string of the molecule is CCCCC(NC(=O)C(C)NC(=O)CO/N=C1/C=C2CC[C@H]3[C@@H]4CC[C@@H](O)[C@@]4(C)CC[C@@H]3[C@@]2(C)CC1)C(=O)O. The number of allylic oxidation sites excluding steroid dienone is 2. The highest BCUT2D eigenvalue weighted by molar-refractivity contribution is 5.96. The number of oxime groups is 1. The van der Waals surface area contributed by atoms with Crippen molar-refractivity contribution in [2.75, 3.05) is 6.61 Å². The third-order valence-electron chi connectivity index (χ3n) is 10.5. The van der Waals surface area contributed by atoms with Gasteiger partial charge in [-0.15, -0.1) is 0 Å². The lowest BCUT2D eigenvalue weighted by molar-refractivity contribution is -0.142. The van der Waals surface area contributed by atoms with Crippen LogP contribution >= 0.6 is 0 Å². The third-order valence-corrected chi connectivity index (χ3v) is 10.5. The summed E-state index contributed by atoms with van der Waals surface area (Å²) in [6.45, 7) is 7.88. The number of carboxylic acids is 1. The Hall–Kier alpha value is -2.42. The number of aliphatic hydroxyl groups excluding tert-OH is 1. The molecule has 0 bridgehead atoms. The average molecular weight is 546 g/mol. The van der Waals surface area contributed by atoms with E-state index in [-0.39, 0.29) is 23.5 Å². The highest BCUT2D eigenvalue weighted by Crippen LogP contribution is 2.65. The Labute approximate surface area is 232 Å². The second kappa shape index (κ2) is 12.0. The van der Waals surface area contributed by atoms with Crippen LogP contribution in [0.5, 0.6) is 0 Å². The quantitative estimate of drug-likeness (QED) is 0.307. The summed E-state index contributed by atoms with van der Waals surface area (Å²) in [5.41, 5.74) is 2.52. The number of fused-ring (bicyclic) bond motifs is 5. The molecule has 0 radical (unpaired) electrons. The second-order valence-corrected chi connectivity index (χ2v) is 12.8. The molecular formula is C30H47N3O6. The highest BCUT2D eigenvalue weighted by atomic mass is 16.6. The molecule has 0 heterocycles. The molecule has 0 saturated heterocycles. The van der Waals surface area contributed by atoms with Gasteiger partial charge in [-0.25, -0.2) is 4.79 Å². The summed E-state index contributed by atoms with van der Waals surface area (Å²) >= 11 is 0. The number of carboxylic acid groups (broad SMARTS) is 1. The molecule has 0 aromatic rings. The van der Waals surface area contributed by atoms with Crippen molar-refractivity contribution in [2.45, 2.75) is 117 Å². The number of hydrogen-bond donors (Lipinski definition) is 4. The zero-order valence-electron chi connectivity index (χ0n) is 24.0. The second-order valence-electron chi connectivity index (χ2n) is 12.8. The van der Waals surface area contributed by atoms with Gasteiger partial charge in [-0.2, -0.15) is 0 Å². The molecule has 218 valence electrons. The summed E-state index contributed by atoms with van der Waals surface area (Å²) in [7, 11) is 0. The van der Waals surface area contributed by atoms with Gasteiger partial charge in [-0.3, -0.25) is 9.59 Å². The number of aliphatic hydroxyl groups is 1. The number of amides is 2. The number of carbonyl (C=O) groups is 3. The normalized spacial score (nSPS) is 36.0. The summed E-state index contributed by atoms with van der Waals surface area (Å²) < 4.78 is 0. The van der Waals surface area contributed by atoms with Crippen LogP contribution in [0, 0.1) is 28.6 Å². The molecule has 9 heteroatoms. The molecule has 0 aromatic carbocycles. The first kappa shape index (κ1) is 29.6. The lowest BCUT2D eigenvalue weighted by Gasteiger charge is -2.57. The van der Waals surface area contributed by atoms with Crippen molar-refractivity contribution in [3.8, 4) is 0 Å². The van der Waals surface area contributed by atoms with Crippen LogP contribution in [-0.2, 0) is 19.2 Å². The van der Waals surface area contributed by atoms with Crippen LogP contribution in [0.15, 0.2) is 16.8 Å². The third kappa shape index (κ3) is 6.03. The molecular weight excluding hydrogens is 498 g/mol. The van der Waals surface area contributed by atoms with E-state index < -0.39 is 29.9 Å². The first-order valence-electron chi connectivity index (χ1n) is 14.9. The van der Waals surface area contributed by atoms with Gasteiger partial charge < -0.3 is 25.7 Å². The Morgan fingerprint density at radius 2 is 1.87 bits per heavy atom. The summed E-state index contributed by atoms with van der Waals surface area (Å²) in [4.78, 5) is 41.4. The number of hydrogen-bond acceptors (Lipinski definition) is 6. The molecule has 4 aliphatic rings. The van der Waals surface area contributed by atoms with Gasteiger partial charge >= 0.3 is 5.97 Å². The molecule has 0 aromatic heterocycles. The van der Waals surface area contributed by atoms with E-state index in [0.717, 1.165) is 57.1 Å². The van der Waals surface area contributed by atoms with Crippen LogP contribution in [0.25, 0.3) is 0 Å². The maximum atomic E-state index is 12.4. The Bertz CT molecular complexity index is 1010. The fraction of sp³-hybridized carbons (Fsp3) is 0.800. The van der Waals surface area contributed by atoms with Crippen LogP contribution in [0.1, 0.15) is 98.3 Å². The number of unbranched alkanes of at least 4 members (excludes halogenated alkanes) is 1. The average Bonchev–Trinajstić information content (AvgIpc) is 3.20. The van der Waals surface area contributed by atoms with Gasteiger partial charge in [-0.05, 0) is 99.4 Å². The number of carbonyl (C=O) groups excluding carboxylic acids is 2. The summed E-state index contributed by atoms with van der Waals surface area (Å²) in [6.07, 6.45) is 12.3. The number of rotatable bonds is 10. The topological polar surface area (TPSA) is 137 Å². The molecule has 39 heavy (non-hydrogen) atoms. The maximum Gasteiger partial charge on any atom is 0.326 e. The van der Waals surface area contributed by atoms with E-state index in [9.17, 15) is 24.6 Å². The van der Waals surface area contributed by atoms with Crippen LogP contribution in [0.2, 0.25) is 0 Å². The minimum atomic E-state index is -1.08. The first-order valence-corrected chi connectivity index (χ1v) is 14.9. The Morgan fingerprint density at radius 1 is 1.10 bits per heavy atom. The van der Waals surface area contributed by atoms with Crippen LogP contribution in [-0.4, -0.2) is 58.5 Å². The molecule has 3 saturated carbocycles. The lowest BCUT2D eigenvalue weighted by Crippen LogP contribution is -2.51. The Balaban J connectivity index is 1.28. The molecule has 2 unspecified atom stereocenters. The van der Waals surface area contributed by atoms with Crippen molar-refractivity contribution < 1.29 is 29.4 Å². The molecule has 0 aliphatic heterocycles. The number of nitrogens with zero attached hydrogens (tertiary/aromatic N) is 1. The van der Waals surface area contributed by atoms with Gasteiger partial charge in [0.1, 0.15) is 12.1 Å². The molecule has 8 atom stereocenters. The molecule has 4 N–H and O–H groups in total. The molecule has 4 rings (SSSR count). The number of aliphatic carboxylic acids is 1. The van der Waals surface area contributed by atoms with Crippen molar-refractivity contribution in [3.05, 3.63) is 11.6 Å². The fourth-order valence-electron chi connectivity index (χ4n) is 8.10. The highest BCUT2D eigenvalue weighted by Gasteiger charge is 2.58. The zero-order chi connectivity index (χ0) is 28.4. The van der Waals surface area contributed by atoms with Crippen LogP contribution in [0.3, 0.4) is 0 Å². The standard InChI is InChI=1S/C30H47N3O6/c1-5-6-7-24(28(37)38)32-27(36)18(2)31-26(35)17-39-33-20-12-14-29(3)19(16-20)8-9-21-22-10-11-25(34)30(22,4)15-13-23(21)29/h16,18,21-25,34H,5-15,17H2,1-4H3,(H,31,35)(H,32,36)(H,37,38)/b33-20+/t18?,21-,22-,23-,24?,25+,29-,30-/m0/s1. The van der Waals surface area contributed by atoms with Crippen LogP contribution in [0.4, 0.5) is 0 Å². The van der Waals surface area contributed by atoms with E-state index in [1.165, 1.54) is 18.9 Å². The summed E-state index contributed by atoms with van der Waals surface area (Å²) in [6, 6.07) is -1.86. The zero-order valence-corrected chi connectivity index (χ0v) is 24.0. The minimum absolute atomic E-state index is 0.0830. The monoisotopic (exact) mass is 545 g/mol. The van der Waals surface area contributed by atoms with Crippen molar-refractivity contribution in [2.24, 2.45) is 33.7 Å². The van der Waals surface area contributed by atoms with Crippen molar-refractivity contribution in [1.29, 1.82) is 0 Å². The van der Waals surface area contributed by atoms with Gasteiger partial charge in [0.15, 0.2) is 6.61 Å². The lowest BCUT2D eigenvalue weighted by atomic mass is 9.47. The first-order chi connectivity index (χ1) is 18.5. The van der Waals surface area contributed by atoms with Crippen molar-refractivity contribution in [1.82, 2.24) is 10.6 Å². The fourth-order valence-corrected chi connectivity index (χ4v) is 8.10. The summed E-state index contributed by atoms with van der Waals surface area (Å²) in [5.74, 6) is -0.166. The van der Waals surface area contributed by atoms with Gasteiger partial charge in [0.25, 0.3) is 5.91 Å². The van der Waals surface area contributed by atoms with Gasteiger partial charge in [0.05, 0.1) is 11.8 Å². The van der Waals surface area contributed by atoms with E-state index in [4.69, 9.17) is 4.84 Å². The predicted molar refractivity (Wildman–Crippen MR) is 148 cm³/mol. The van der Waals surface area contributed by atoms with Crippen LogP contribution < -0.4 is 10.6 Å². The van der Waals surface area contributed by atoms with E-state index in [2.05, 4.69) is 35.7 Å². The van der Waals surface area contributed by atoms with Gasteiger partial charge in [0.2, 0.25) is 5.91 Å². The molecule has 0 spiro atoms.